The summed E-state index contributed by atoms with van der Waals surface area (Å²) in [5.74, 6) is -0.271. The number of amides is 1. The van der Waals surface area contributed by atoms with E-state index < -0.39 is 0 Å². The highest BCUT2D eigenvalue weighted by molar-refractivity contribution is 5.92. The Morgan fingerprint density at radius 1 is 1.37 bits per heavy atom. The minimum Gasteiger partial charge on any atom is -0.469 e. The highest BCUT2D eigenvalue weighted by atomic mass is 16.5. The number of nitrogens with one attached hydrogen (secondary N) is 1. The van der Waals surface area contributed by atoms with Crippen LogP contribution in [-0.2, 0) is 16.6 Å². The Bertz CT molecular complexity index is 461. The van der Waals surface area contributed by atoms with E-state index in [1.54, 1.807) is 24.0 Å². The second-order valence-corrected chi connectivity index (χ2v) is 4.89. The quantitative estimate of drug-likeness (QED) is 0.823. The van der Waals surface area contributed by atoms with Crippen molar-refractivity contribution in [1.82, 2.24) is 15.1 Å². The van der Waals surface area contributed by atoms with Crippen LogP contribution in [0.3, 0.4) is 0 Å². The first-order chi connectivity index (χ1) is 9.11. The summed E-state index contributed by atoms with van der Waals surface area (Å²) in [6, 6.07) is 1.82. The zero-order chi connectivity index (χ0) is 13.8. The van der Waals surface area contributed by atoms with Gasteiger partial charge in [-0.15, -0.1) is 0 Å². The Kier molecular flexibility index (Phi) is 4.19. The van der Waals surface area contributed by atoms with Crippen molar-refractivity contribution in [1.29, 1.82) is 0 Å². The standard InChI is InChI=1S/C13H19N3O3/c1-16-11(7-8-14-16)12(17)15-10-5-3-9(4-6-10)13(18)19-2/h7-10H,3-6H2,1-2H3,(H,15,17). The van der Waals surface area contributed by atoms with Gasteiger partial charge in [0.1, 0.15) is 5.69 Å². The number of esters is 1. The van der Waals surface area contributed by atoms with Gasteiger partial charge in [-0.2, -0.15) is 5.10 Å². The number of methoxy groups -OCH3 is 1. The van der Waals surface area contributed by atoms with Crippen LogP contribution in [0.25, 0.3) is 0 Å². The van der Waals surface area contributed by atoms with E-state index in [4.69, 9.17) is 4.74 Å². The van der Waals surface area contributed by atoms with Crippen molar-refractivity contribution in [2.75, 3.05) is 7.11 Å². The molecule has 0 aliphatic heterocycles. The zero-order valence-corrected chi connectivity index (χ0v) is 11.3. The lowest BCUT2D eigenvalue weighted by Crippen LogP contribution is -2.39. The number of ether oxygens (including phenoxy) is 1. The smallest absolute Gasteiger partial charge is 0.308 e. The highest BCUT2D eigenvalue weighted by Crippen LogP contribution is 2.25. The largest absolute Gasteiger partial charge is 0.469 e. The summed E-state index contributed by atoms with van der Waals surface area (Å²) in [7, 11) is 3.15. The molecule has 0 saturated heterocycles. The predicted molar refractivity (Wildman–Crippen MR) is 68.4 cm³/mol. The minimum absolute atomic E-state index is 0.0187. The summed E-state index contributed by atoms with van der Waals surface area (Å²) < 4.78 is 6.29. The second kappa shape index (κ2) is 5.86. The number of aryl methyl sites for hydroxylation is 1. The zero-order valence-electron chi connectivity index (χ0n) is 11.3. The van der Waals surface area contributed by atoms with Crippen LogP contribution < -0.4 is 5.32 Å². The van der Waals surface area contributed by atoms with Gasteiger partial charge in [-0.1, -0.05) is 0 Å². The Labute approximate surface area is 112 Å². The van der Waals surface area contributed by atoms with Gasteiger partial charge in [0.15, 0.2) is 0 Å². The van der Waals surface area contributed by atoms with Gasteiger partial charge in [-0.25, -0.2) is 0 Å². The van der Waals surface area contributed by atoms with Gasteiger partial charge in [0.25, 0.3) is 5.91 Å². The molecule has 1 amide bonds. The lowest BCUT2D eigenvalue weighted by Gasteiger charge is -2.27. The molecule has 104 valence electrons. The Hall–Kier alpha value is -1.85. The van der Waals surface area contributed by atoms with Crippen LogP contribution in [0.1, 0.15) is 36.2 Å². The molecule has 19 heavy (non-hydrogen) atoms. The van der Waals surface area contributed by atoms with E-state index in [0.29, 0.717) is 5.69 Å². The molecular formula is C13H19N3O3. The molecule has 0 unspecified atom stereocenters. The number of hydrogen-bond donors (Lipinski definition) is 1. The number of aromatic nitrogens is 2. The number of rotatable bonds is 3. The normalized spacial score (nSPS) is 22.8. The van der Waals surface area contributed by atoms with Crippen LogP contribution in [0.15, 0.2) is 12.3 Å². The van der Waals surface area contributed by atoms with Gasteiger partial charge in [-0.3, -0.25) is 14.3 Å². The maximum absolute atomic E-state index is 12.0. The van der Waals surface area contributed by atoms with Crippen molar-refractivity contribution in [3.05, 3.63) is 18.0 Å². The average molecular weight is 265 g/mol. The van der Waals surface area contributed by atoms with Crippen LogP contribution in [0.4, 0.5) is 0 Å². The highest BCUT2D eigenvalue weighted by Gasteiger charge is 2.28. The van der Waals surface area contributed by atoms with Crippen LogP contribution in [0, 0.1) is 5.92 Å². The molecule has 0 atom stereocenters. The first-order valence-electron chi connectivity index (χ1n) is 6.48. The van der Waals surface area contributed by atoms with Crippen LogP contribution in [0.5, 0.6) is 0 Å². The number of nitrogens with zero attached hydrogens (tertiary/aromatic N) is 2. The first kappa shape index (κ1) is 13.6. The summed E-state index contributed by atoms with van der Waals surface area (Å²) in [5, 5.41) is 6.96. The minimum atomic E-state index is -0.142. The van der Waals surface area contributed by atoms with Crippen LogP contribution in [0.2, 0.25) is 0 Å². The fourth-order valence-electron chi connectivity index (χ4n) is 2.50. The fraction of sp³-hybridized carbons (Fsp3) is 0.615. The molecule has 6 nitrogen and oxygen atoms in total. The molecule has 1 heterocycles. The van der Waals surface area contributed by atoms with E-state index in [1.165, 1.54) is 7.11 Å². The molecule has 0 aromatic carbocycles. The summed E-state index contributed by atoms with van der Waals surface area (Å²) in [6.45, 7) is 0. The van der Waals surface area contributed by atoms with Crippen molar-refractivity contribution in [3.8, 4) is 0 Å². The average Bonchev–Trinajstić information content (AvgIpc) is 2.85. The summed E-state index contributed by atoms with van der Waals surface area (Å²) in [4.78, 5) is 23.4. The SMILES string of the molecule is COC(=O)C1CCC(NC(=O)c2ccnn2C)CC1. The molecule has 6 heteroatoms. The van der Waals surface area contributed by atoms with E-state index in [0.717, 1.165) is 25.7 Å². The van der Waals surface area contributed by atoms with Gasteiger partial charge < -0.3 is 10.1 Å². The molecule has 2 rings (SSSR count). The summed E-state index contributed by atoms with van der Waals surface area (Å²) in [6.07, 6.45) is 4.75. The third-order valence-corrected chi connectivity index (χ3v) is 3.65. The third-order valence-electron chi connectivity index (χ3n) is 3.65. The Balaban J connectivity index is 1.85. The van der Waals surface area contributed by atoms with Crippen molar-refractivity contribution < 1.29 is 14.3 Å². The maximum atomic E-state index is 12.0. The van der Waals surface area contributed by atoms with Gasteiger partial charge in [-0.05, 0) is 31.7 Å². The van der Waals surface area contributed by atoms with Crippen LogP contribution in [-0.4, -0.2) is 34.8 Å². The molecule has 1 N–H and O–H groups in total. The van der Waals surface area contributed by atoms with E-state index in [1.807, 2.05) is 0 Å². The lowest BCUT2D eigenvalue weighted by molar-refractivity contribution is -0.146. The molecule has 1 aliphatic rings. The van der Waals surface area contributed by atoms with Gasteiger partial charge >= 0.3 is 5.97 Å². The summed E-state index contributed by atoms with van der Waals surface area (Å²) in [5.41, 5.74) is 0.551. The number of hydrogen-bond acceptors (Lipinski definition) is 4. The number of carbonyl (C=O) groups excluding carboxylic acids is 2. The Morgan fingerprint density at radius 3 is 2.58 bits per heavy atom. The van der Waals surface area contributed by atoms with Crippen molar-refractivity contribution in [2.45, 2.75) is 31.7 Å². The van der Waals surface area contributed by atoms with E-state index >= 15 is 0 Å². The van der Waals surface area contributed by atoms with Crippen molar-refractivity contribution in [2.24, 2.45) is 13.0 Å². The van der Waals surface area contributed by atoms with E-state index in [9.17, 15) is 9.59 Å². The predicted octanol–water partition coefficient (Wildman–Crippen LogP) is 0.882. The van der Waals surface area contributed by atoms with Crippen molar-refractivity contribution in [3.63, 3.8) is 0 Å². The molecular weight excluding hydrogens is 246 g/mol. The molecule has 0 spiro atoms. The number of carbonyl (C=O) groups is 2. The molecule has 1 aromatic heterocycles. The lowest BCUT2D eigenvalue weighted by atomic mass is 9.86. The molecule has 0 radical (unpaired) electrons. The second-order valence-electron chi connectivity index (χ2n) is 4.89. The monoisotopic (exact) mass is 265 g/mol. The van der Waals surface area contributed by atoms with Gasteiger partial charge in [0.2, 0.25) is 0 Å². The molecule has 1 saturated carbocycles. The van der Waals surface area contributed by atoms with Gasteiger partial charge in [0.05, 0.1) is 13.0 Å². The van der Waals surface area contributed by atoms with Crippen molar-refractivity contribution >= 4 is 11.9 Å². The maximum Gasteiger partial charge on any atom is 0.308 e. The topological polar surface area (TPSA) is 73.2 Å². The molecule has 1 fully saturated rings. The third kappa shape index (κ3) is 3.13. The fourth-order valence-corrected chi connectivity index (χ4v) is 2.50. The van der Waals surface area contributed by atoms with Crippen LogP contribution >= 0.6 is 0 Å². The molecule has 1 aromatic rings. The molecule has 0 bridgehead atoms. The molecule has 1 aliphatic carbocycles. The summed E-state index contributed by atoms with van der Waals surface area (Å²) >= 11 is 0. The van der Waals surface area contributed by atoms with Gasteiger partial charge in [0, 0.05) is 19.3 Å². The Morgan fingerprint density at radius 2 is 2.05 bits per heavy atom. The van der Waals surface area contributed by atoms with E-state index in [2.05, 4.69) is 10.4 Å². The van der Waals surface area contributed by atoms with E-state index in [-0.39, 0.29) is 23.8 Å². The first-order valence-corrected chi connectivity index (χ1v) is 6.48.